The van der Waals surface area contributed by atoms with Crippen LogP contribution < -0.4 is 16.8 Å². The van der Waals surface area contributed by atoms with Crippen LogP contribution in [-0.2, 0) is 13.0 Å². The molecule has 0 aromatic heterocycles. The number of nitrogens with one attached hydrogen (secondary N) is 1. The first-order chi connectivity index (χ1) is 7.76. The zero-order chi connectivity index (χ0) is 11.8. The van der Waals surface area contributed by atoms with E-state index < -0.39 is 0 Å². The van der Waals surface area contributed by atoms with Crippen LogP contribution >= 0.6 is 0 Å². The molecule has 0 bridgehead atoms. The monoisotopic (exact) mass is 221 g/mol. The normalized spacial score (nSPS) is 12.7. The van der Waals surface area contributed by atoms with Crippen LogP contribution in [0.2, 0.25) is 0 Å². The Balaban J connectivity index is 2.31. The van der Waals surface area contributed by atoms with E-state index in [1.54, 1.807) is 0 Å². The number of hydrogen-bond acceptors (Lipinski definition) is 3. The summed E-state index contributed by atoms with van der Waals surface area (Å²) in [7, 11) is 0. The van der Waals surface area contributed by atoms with E-state index in [4.69, 9.17) is 11.5 Å². The first kappa shape index (κ1) is 13.2. The molecule has 0 aliphatic heterocycles. The molecule has 0 radical (unpaired) electrons. The van der Waals surface area contributed by atoms with Crippen LogP contribution in [0.15, 0.2) is 24.3 Å². The Morgan fingerprint density at radius 1 is 1.19 bits per heavy atom. The van der Waals surface area contributed by atoms with Crippen molar-refractivity contribution >= 4 is 0 Å². The van der Waals surface area contributed by atoms with Gasteiger partial charge in [0.15, 0.2) is 0 Å². The fraction of sp³-hybridized carbons (Fsp3) is 0.538. The van der Waals surface area contributed by atoms with E-state index in [9.17, 15) is 0 Å². The number of benzene rings is 1. The molecule has 90 valence electrons. The third-order valence-electron chi connectivity index (χ3n) is 2.60. The molecule has 0 aliphatic rings. The van der Waals surface area contributed by atoms with Crippen LogP contribution in [0.25, 0.3) is 0 Å². The highest BCUT2D eigenvalue weighted by Gasteiger charge is 1.98. The summed E-state index contributed by atoms with van der Waals surface area (Å²) in [5.41, 5.74) is 13.9. The van der Waals surface area contributed by atoms with Crippen molar-refractivity contribution in [2.45, 2.75) is 32.4 Å². The Hall–Kier alpha value is -0.900. The first-order valence-corrected chi connectivity index (χ1v) is 6.00. The molecule has 1 aromatic rings. The number of aryl methyl sites for hydroxylation is 1. The van der Waals surface area contributed by atoms with Crippen molar-refractivity contribution in [1.82, 2.24) is 5.32 Å². The molecular weight excluding hydrogens is 198 g/mol. The molecule has 1 aromatic carbocycles. The summed E-state index contributed by atoms with van der Waals surface area (Å²) in [6, 6.07) is 8.80. The third-order valence-corrected chi connectivity index (χ3v) is 2.60. The maximum atomic E-state index is 5.71. The minimum absolute atomic E-state index is 0.0550. The number of rotatable bonds is 7. The van der Waals surface area contributed by atoms with Crippen molar-refractivity contribution in [3.63, 3.8) is 0 Å². The van der Waals surface area contributed by atoms with Gasteiger partial charge in [-0.1, -0.05) is 37.6 Å². The van der Waals surface area contributed by atoms with Crippen LogP contribution in [-0.4, -0.2) is 19.1 Å². The summed E-state index contributed by atoms with van der Waals surface area (Å²) in [5, 5.41) is 3.30. The van der Waals surface area contributed by atoms with Gasteiger partial charge in [0.05, 0.1) is 0 Å². The Morgan fingerprint density at radius 2 is 1.81 bits per heavy atom. The molecule has 1 rings (SSSR count). The van der Waals surface area contributed by atoms with Gasteiger partial charge in [-0.05, 0) is 17.5 Å². The zero-order valence-corrected chi connectivity index (χ0v) is 10.1. The molecule has 1 atom stereocenters. The topological polar surface area (TPSA) is 64.1 Å². The molecule has 5 N–H and O–H groups in total. The molecule has 0 saturated carbocycles. The van der Waals surface area contributed by atoms with Gasteiger partial charge in [0.2, 0.25) is 0 Å². The Bertz CT molecular complexity index is 282. The second-order valence-corrected chi connectivity index (χ2v) is 4.19. The van der Waals surface area contributed by atoms with E-state index >= 15 is 0 Å². The molecule has 0 fully saturated rings. The van der Waals surface area contributed by atoms with E-state index in [0.717, 1.165) is 19.5 Å². The van der Waals surface area contributed by atoms with Gasteiger partial charge in [0.1, 0.15) is 0 Å². The fourth-order valence-corrected chi connectivity index (χ4v) is 1.60. The van der Waals surface area contributed by atoms with Crippen LogP contribution in [0.5, 0.6) is 0 Å². The highest BCUT2D eigenvalue weighted by molar-refractivity contribution is 5.22. The molecular formula is C13H23N3. The molecule has 3 heteroatoms. The Labute approximate surface area is 98.2 Å². The summed E-state index contributed by atoms with van der Waals surface area (Å²) in [6.45, 7) is 4.36. The van der Waals surface area contributed by atoms with Gasteiger partial charge < -0.3 is 16.8 Å². The maximum Gasteiger partial charge on any atom is 0.0290 e. The molecule has 1 unspecified atom stereocenters. The van der Waals surface area contributed by atoms with Crippen molar-refractivity contribution in [3.8, 4) is 0 Å². The first-order valence-electron chi connectivity index (χ1n) is 6.00. The van der Waals surface area contributed by atoms with Crippen molar-refractivity contribution in [1.29, 1.82) is 0 Å². The van der Waals surface area contributed by atoms with E-state index in [2.05, 4.69) is 36.5 Å². The van der Waals surface area contributed by atoms with E-state index in [1.165, 1.54) is 17.5 Å². The number of hydrogen-bond donors (Lipinski definition) is 3. The maximum absolute atomic E-state index is 5.71. The lowest BCUT2D eigenvalue weighted by molar-refractivity contribution is 0.582. The van der Waals surface area contributed by atoms with Crippen LogP contribution in [0.3, 0.4) is 0 Å². The quantitative estimate of drug-likeness (QED) is 0.644. The van der Waals surface area contributed by atoms with Gasteiger partial charge in [-0.2, -0.15) is 0 Å². The average Bonchev–Trinajstić information content (AvgIpc) is 2.31. The van der Waals surface area contributed by atoms with E-state index in [-0.39, 0.29) is 6.04 Å². The Morgan fingerprint density at radius 3 is 2.38 bits per heavy atom. The highest BCUT2D eigenvalue weighted by Crippen LogP contribution is 2.06. The molecule has 0 aliphatic carbocycles. The predicted octanol–water partition coefficient (Wildman–Crippen LogP) is 1.01. The minimum atomic E-state index is 0.0550. The average molecular weight is 221 g/mol. The molecule has 3 nitrogen and oxygen atoms in total. The summed E-state index contributed by atoms with van der Waals surface area (Å²) in [5.74, 6) is 0. The lowest BCUT2D eigenvalue weighted by Gasteiger charge is -2.10. The summed E-state index contributed by atoms with van der Waals surface area (Å²) >= 11 is 0. The van der Waals surface area contributed by atoms with Crippen LogP contribution in [0.4, 0.5) is 0 Å². The van der Waals surface area contributed by atoms with Crippen molar-refractivity contribution in [2.24, 2.45) is 11.5 Å². The summed E-state index contributed by atoms with van der Waals surface area (Å²) < 4.78 is 0. The van der Waals surface area contributed by atoms with Crippen molar-refractivity contribution < 1.29 is 0 Å². The van der Waals surface area contributed by atoms with Gasteiger partial charge in [0, 0.05) is 25.7 Å². The number of nitrogens with two attached hydrogens (primary N) is 2. The van der Waals surface area contributed by atoms with Crippen LogP contribution in [0.1, 0.15) is 24.5 Å². The second kappa shape index (κ2) is 7.39. The highest BCUT2D eigenvalue weighted by atomic mass is 14.9. The molecule has 16 heavy (non-hydrogen) atoms. The summed E-state index contributed by atoms with van der Waals surface area (Å²) in [6.07, 6.45) is 2.36. The SMILES string of the molecule is CCCc1ccc(CNCC(N)CN)cc1. The van der Waals surface area contributed by atoms with Crippen LogP contribution in [0, 0.1) is 0 Å². The van der Waals surface area contributed by atoms with Gasteiger partial charge in [-0.3, -0.25) is 0 Å². The lowest BCUT2D eigenvalue weighted by Crippen LogP contribution is -2.39. The lowest BCUT2D eigenvalue weighted by atomic mass is 10.1. The molecule has 0 spiro atoms. The van der Waals surface area contributed by atoms with Crippen molar-refractivity contribution in [2.75, 3.05) is 13.1 Å². The van der Waals surface area contributed by atoms with Gasteiger partial charge in [-0.25, -0.2) is 0 Å². The molecule has 0 heterocycles. The van der Waals surface area contributed by atoms with E-state index in [1.807, 2.05) is 0 Å². The summed E-state index contributed by atoms with van der Waals surface area (Å²) in [4.78, 5) is 0. The van der Waals surface area contributed by atoms with Gasteiger partial charge in [-0.15, -0.1) is 0 Å². The van der Waals surface area contributed by atoms with Gasteiger partial charge in [0.25, 0.3) is 0 Å². The standard InChI is InChI=1S/C13H23N3/c1-2-3-11-4-6-12(7-5-11)9-16-10-13(15)8-14/h4-7,13,16H,2-3,8-10,14-15H2,1H3. The molecule has 0 amide bonds. The van der Waals surface area contributed by atoms with Crippen molar-refractivity contribution in [3.05, 3.63) is 35.4 Å². The second-order valence-electron chi connectivity index (χ2n) is 4.19. The van der Waals surface area contributed by atoms with Gasteiger partial charge >= 0.3 is 0 Å². The predicted molar refractivity (Wildman–Crippen MR) is 69.2 cm³/mol. The third kappa shape index (κ3) is 4.75. The minimum Gasteiger partial charge on any atom is -0.329 e. The Kier molecular flexibility index (Phi) is 6.08. The largest absolute Gasteiger partial charge is 0.329 e. The van der Waals surface area contributed by atoms with E-state index in [0.29, 0.717) is 6.54 Å². The fourth-order valence-electron chi connectivity index (χ4n) is 1.60. The zero-order valence-electron chi connectivity index (χ0n) is 10.1. The molecule has 0 saturated heterocycles. The smallest absolute Gasteiger partial charge is 0.0290 e.